The molecule has 0 radical (unpaired) electrons. The van der Waals surface area contributed by atoms with E-state index in [2.05, 4.69) is 21.2 Å². The molecule has 0 aliphatic rings. The highest BCUT2D eigenvalue weighted by Crippen LogP contribution is 2.20. The summed E-state index contributed by atoms with van der Waals surface area (Å²) in [5, 5.41) is 2.66. The zero-order valence-electron chi connectivity index (χ0n) is 11.6. The highest BCUT2D eigenvalue weighted by molar-refractivity contribution is 9.10. The van der Waals surface area contributed by atoms with Gasteiger partial charge < -0.3 is 14.6 Å². The lowest BCUT2D eigenvalue weighted by Gasteiger charge is -2.12. The summed E-state index contributed by atoms with van der Waals surface area (Å²) < 4.78 is 7.61. The van der Waals surface area contributed by atoms with Crippen LogP contribution in [0, 0.1) is 0 Å². The van der Waals surface area contributed by atoms with E-state index in [1.165, 1.54) is 0 Å². The van der Waals surface area contributed by atoms with E-state index in [1.54, 1.807) is 10.6 Å². The molecule has 5 nitrogen and oxygen atoms in total. The molecule has 0 aliphatic heterocycles. The number of halogens is 1. The largest absolute Gasteiger partial charge is 0.451 e. The molecule has 1 amide bonds. The van der Waals surface area contributed by atoms with E-state index in [0.29, 0.717) is 5.69 Å². The molecule has 0 atom stereocenters. The molecule has 0 spiro atoms. The third-order valence-electron chi connectivity index (χ3n) is 2.36. The lowest BCUT2D eigenvalue weighted by atomic mass is 10.3. The van der Waals surface area contributed by atoms with Crippen LogP contribution >= 0.6 is 15.9 Å². The molecule has 0 aliphatic carbocycles. The SMILES string of the molecule is CC(C)NC(=O)COC(=O)c1cc(Br)cn1C(C)C. The second-order valence-corrected chi connectivity index (χ2v) is 5.76. The average Bonchev–Trinajstić information content (AvgIpc) is 2.67. The molecule has 1 aromatic heterocycles. The van der Waals surface area contributed by atoms with Crippen LogP contribution in [0.2, 0.25) is 0 Å². The third-order valence-corrected chi connectivity index (χ3v) is 2.80. The van der Waals surface area contributed by atoms with Crippen LogP contribution < -0.4 is 5.32 Å². The van der Waals surface area contributed by atoms with Gasteiger partial charge in [0.2, 0.25) is 0 Å². The van der Waals surface area contributed by atoms with E-state index in [4.69, 9.17) is 4.74 Å². The van der Waals surface area contributed by atoms with Gasteiger partial charge in [0.15, 0.2) is 6.61 Å². The summed E-state index contributed by atoms with van der Waals surface area (Å²) in [5.41, 5.74) is 0.430. The molecule has 6 heteroatoms. The number of ether oxygens (including phenoxy) is 1. The van der Waals surface area contributed by atoms with Gasteiger partial charge in [-0.1, -0.05) is 0 Å². The number of rotatable bonds is 5. The van der Waals surface area contributed by atoms with Gasteiger partial charge in [-0.2, -0.15) is 0 Å². The van der Waals surface area contributed by atoms with Gasteiger partial charge in [0, 0.05) is 22.8 Å². The first-order chi connectivity index (χ1) is 8.81. The Balaban J connectivity index is 2.66. The molecule has 1 N–H and O–H groups in total. The minimum absolute atomic E-state index is 0.0277. The topological polar surface area (TPSA) is 60.3 Å². The van der Waals surface area contributed by atoms with E-state index in [9.17, 15) is 9.59 Å². The van der Waals surface area contributed by atoms with Crippen molar-refractivity contribution in [2.45, 2.75) is 39.8 Å². The van der Waals surface area contributed by atoms with E-state index in [1.807, 2.05) is 33.9 Å². The molecule has 1 rings (SSSR count). The number of esters is 1. The normalized spacial score (nSPS) is 10.9. The minimum Gasteiger partial charge on any atom is -0.451 e. The lowest BCUT2D eigenvalue weighted by Crippen LogP contribution is -2.34. The van der Waals surface area contributed by atoms with Crippen LogP contribution in [0.5, 0.6) is 0 Å². The Morgan fingerprint density at radius 3 is 2.53 bits per heavy atom. The number of hydrogen-bond donors (Lipinski definition) is 1. The van der Waals surface area contributed by atoms with Crippen LogP contribution in [0.1, 0.15) is 44.2 Å². The molecule has 0 saturated heterocycles. The predicted molar refractivity (Wildman–Crippen MR) is 76.1 cm³/mol. The van der Waals surface area contributed by atoms with Crippen LogP contribution in [0.25, 0.3) is 0 Å². The maximum absolute atomic E-state index is 11.9. The van der Waals surface area contributed by atoms with Crippen LogP contribution in [-0.2, 0) is 9.53 Å². The maximum atomic E-state index is 11.9. The molecule has 0 fully saturated rings. The molecule has 1 heterocycles. The van der Waals surface area contributed by atoms with Crippen molar-refractivity contribution in [3.63, 3.8) is 0 Å². The van der Waals surface area contributed by atoms with Gasteiger partial charge in [-0.3, -0.25) is 4.79 Å². The summed E-state index contributed by atoms with van der Waals surface area (Å²) in [7, 11) is 0. The fourth-order valence-corrected chi connectivity index (χ4v) is 2.04. The summed E-state index contributed by atoms with van der Waals surface area (Å²) in [6, 6.07) is 1.85. The first kappa shape index (κ1) is 15.8. The van der Waals surface area contributed by atoms with Gasteiger partial charge >= 0.3 is 5.97 Å². The highest BCUT2D eigenvalue weighted by Gasteiger charge is 2.17. The van der Waals surface area contributed by atoms with Gasteiger partial charge in [-0.05, 0) is 49.7 Å². The fourth-order valence-electron chi connectivity index (χ4n) is 1.61. The zero-order valence-corrected chi connectivity index (χ0v) is 13.2. The van der Waals surface area contributed by atoms with E-state index >= 15 is 0 Å². The van der Waals surface area contributed by atoms with E-state index in [0.717, 1.165) is 4.47 Å². The van der Waals surface area contributed by atoms with Gasteiger partial charge in [0.05, 0.1) is 0 Å². The molecule has 0 bridgehead atoms. The van der Waals surface area contributed by atoms with Crippen LogP contribution in [0.4, 0.5) is 0 Å². The molecular weight excluding hydrogens is 312 g/mol. The Morgan fingerprint density at radius 2 is 2.00 bits per heavy atom. The second-order valence-electron chi connectivity index (χ2n) is 4.84. The van der Waals surface area contributed by atoms with Gasteiger partial charge in [0.1, 0.15) is 5.69 Å². The van der Waals surface area contributed by atoms with Crippen molar-refractivity contribution in [3.8, 4) is 0 Å². The second kappa shape index (κ2) is 6.75. The standard InChI is InChI=1S/C13H19BrN2O3/c1-8(2)15-12(17)7-19-13(18)11-5-10(14)6-16(11)9(3)4/h5-6,8-9H,7H2,1-4H3,(H,15,17). The average molecular weight is 331 g/mol. The van der Waals surface area contributed by atoms with Crippen molar-refractivity contribution < 1.29 is 14.3 Å². The number of nitrogens with zero attached hydrogens (tertiary/aromatic N) is 1. The smallest absolute Gasteiger partial charge is 0.355 e. The van der Waals surface area contributed by atoms with E-state index < -0.39 is 5.97 Å². The van der Waals surface area contributed by atoms with Crippen molar-refractivity contribution in [1.82, 2.24) is 9.88 Å². The van der Waals surface area contributed by atoms with Gasteiger partial charge in [0.25, 0.3) is 5.91 Å². The Kier molecular flexibility index (Phi) is 5.60. The molecule has 0 aromatic carbocycles. The van der Waals surface area contributed by atoms with Crippen molar-refractivity contribution in [2.24, 2.45) is 0 Å². The molecule has 0 unspecified atom stereocenters. The number of aromatic nitrogens is 1. The third kappa shape index (κ3) is 4.70. The summed E-state index contributed by atoms with van der Waals surface area (Å²) in [6.45, 7) is 7.36. The summed E-state index contributed by atoms with van der Waals surface area (Å²) in [6.07, 6.45) is 1.81. The number of carbonyl (C=O) groups excluding carboxylic acids is 2. The maximum Gasteiger partial charge on any atom is 0.355 e. The Hall–Kier alpha value is -1.30. The van der Waals surface area contributed by atoms with Crippen molar-refractivity contribution in [3.05, 3.63) is 22.4 Å². The predicted octanol–water partition coefficient (Wildman–Crippen LogP) is 2.51. The number of carbonyl (C=O) groups is 2. The summed E-state index contributed by atoms with van der Waals surface area (Å²) in [4.78, 5) is 23.3. The molecule has 106 valence electrons. The summed E-state index contributed by atoms with van der Waals surface area (Å²) in [5.74, 6) is -0.802. The Labute approximate surface area is 121 Å². The van der Waals surface area contributed by atoms with Crippen molar-refractivity contribution in [1.29, 1.82) is 0 Å². The molecule has 19 heavy (non-hydrogen) atoms. The highest BCUT2D eigenvalue weighted by atomic mass is 79.9. The van der Waals surface area contributed by atoms with Gasteiger partial charge in [-0.15, -0.1) is 0 Å². The molecular formula is C13H19BrN2O3. The first-order valence-electron chi connectivity index (χ1n) is 6.15. The number of nitrogens with one attached hydrogen (secondary N) is 1. The number of amides is 1. The zero-order chi connectivity index (χ0) is 14.6. The van der Waals surface area contributed by atoms with Crippen molar-refractivity contribution in [2.75, 3.05) is 6.61 Å². The van der Waals surface area contributed by atoms with Gasteiger partial charge in [-0.25, -0.2) is 4.79 Å². The van der Waals surface area contributed by atoms with Crippen LogP contribution in [0.3, 0.4) is 0 Å². The first-order valence-corrected chi connectivity index (χ1v) is 6.94. The Bertz CT molecular complexity index is 466. The fraction of sp³-hybridized carbons (Fsp3) is 0.538. The number of hydrogen-bond acceptors (Lipinski definition) is 3. The lowest BCUT2D eigenvalue weighted by molar-refractivity contribution is -0.124. The Morgan fingerprint density at radius 1 is 1.37 bits per heavy atom. The van der Waals surface area contributed by atoms with Crippen molar-refractivity contribution >= 4 is 27.8 Å². The quantitative estimate of drug-likeness (QED) is 0.844. The molecule has 0 saturated carbocycles. The summed E-state index contributed by atoms with van der Waals surface area (Å²) >= 11 is 3.32. The van der Waals surface area contributed by atoms with E-state index in [-0.39, 0.29) is 24.6 Å². The van der Waals surface area contributed by atoms with Crippen LogP contribution in [0.15, 0.2) is 16.7 Å². The van der Waals surface area contributed by atoms with Crippen LogP contribution in [-0.4, -0.2) is 29.1 Å². The monoisotopic (exact) mass is 330 g/mol. The minimum atomic E-state index is -0.502. The molecule has 1 aromatic rings.